The average Bonchev–Trinajstić information content (AvgIpc) is 3.14. The van der Waals surface area contributed by atoms with Crippen molar-refractivity contribution in [2.45, 2.75) is 148 Å². The molecule has 0 amide bonds. The number of unbranched alkanes of at least 4 members (excludes halogenated alkanes) is 9. The average molecular weight is 470 g/mol. The third kappa shape index (κ3) is 11.6. The summed E-state index contributed by atoms with van der Waals surface area (Å²) in [5.74, 6) is -0.0191. The molecule has 2 atom stereocenters. The van der Waals surface area contributed by atoms with Crippen molar-refractivity contribution in [2.75, 3.05) is 20.2 Å². The molecular formula is C27H55NO3Si. The molecule has 1 heterocycles. The Hall–Kier alpha value is -0.393. The summed E-state index contributed by atoms with van der Waals surface area (Å²) in [5.41, 5.74) is 0. The van der Waals surface area contributed by atoms with Gasteiger partial charge in [0, 0.05) is 13.0 Å². The van der Waals surface area contributed by atoms with Gasteiger partial charge in [-0.1, -0.05) is 85.5 Å². The second-order valence-electron chi connectivity index (χ2n) is 11.6. The zero-order valence-corrected chi connectivity index (χ0v) is 23.6. The number of esters is 1. The van der Waals surface area contributed by atoms with Gasteiger partial charge in [-0.15, -0.1) is 0 Å². The molecule has 1 saturated heterocycles. The zero-order chi connectivity index (χ0) is 24.0. The Morgan fingerprint density at radius 1 is 0.969 bits per heavy atom. The van der Waals surface area contributed by atoms with Crippen molar-refractivity contribution in [3.8, 4) is 0 Å². The van der Waals surface area contributed by atoms with Gasteiger partial charge in [0.05, 0.1) is 0 Å². The van der Waals surface area contributed by atoms with Crippen LogP contribution in [0.15, 0.2) is 0 Å². The van der Waals surface area contributed by atoms with Crippen LogP contribution in [0.4, 0.5) is 0 Å². The van der Waals surface area contributed by atoms with E-state index in [0.717, 1.165) is 38.6 Å². The maximum atomic E-state index is 12.8. The number of carbonyl (C=O) groups excluding carboxylic acids is 1. The third-order valence-corrected chi connectivity index (χ3v) is 12.2. The van der Waals surface area contributed by atoms with Crippen molar-refractivity contribution in [3.63, 3.8) is 0 Å². The molecule has 0 aromatic rings. The van der Waals surface area contributed by atoms with Crippen LogP contribution in [0.25, 0.3) is 0 Å². The topological polar surface area (TPSA) is 38.8 Å². The summed E-state index contributed by atoms with van der Waals surface area (Å²) in [6, 6.07) is -0.0495. The molecule has 1 aliphatic heterocycles. The minimum Gasteiger partial charge on any atom is -0.461 e. The fourth-order valence-electron chi connectivity index (χ4n) is 4.23. The second kappa shape index (κ2) is 15.5. The van der Waals surface area contributed by atoms with E-state index in [1.807, 2.05) is 7.05 Å². The quantitative estimate of drug-likeness (QED) is 0.124. The van der Waals surface area contributed by atoms with Crippen molar-refractivity contribution >= 4 is 14.3 Å². The summed E-state index contributed by atoms with van der Waals surface area (Å²) in [6.45, 7) is 15.4. The lowest BCUT2D eigenvalue weighted by atomic mass is 10.0. The Labute approximate surface area is 201 Å². The minimum atomic E-state index is -1.76. The van der Waals surface area contributed by atoms with Crippen LogP contribution in [0, 0.1) is 0 Å². The molecule has 32 heavy (non-hydrogen) atoms. The van der Waals surface area contributed by atoms with Crippen molar-refractivity contribution in [1.29, 1.82) is 0 Å². The fraction of sp³-hybridized carbons (Fsp3) is 0.963. The summed E-state index contributed by atoms with van der Waals surface area (Å²) in [7, 11) is 0.276. The molecule has 0 saturated carbocycles. The highest BCUT2D eigenvalue weighted by Crippen LogP contribution is 2.36. The number of rotatable bonds is 17. The lowest BCUT2D eigenvalue weighted by Gasteiger charge is -2.36. The first-order chi connectivity index (χ1) is 15.1. The van der Waals surface area contributed by atoms with Crippen molar-refractivity contribution in [1.82, 2.24) is 4.90 Å². The molecule has 0 bridgehead atoms. The summed E-state index contributed by atoms with van der Waals surface area (Å²) < 4.78 is 12.4. The highest BCUT2D eigenvalue weighted by molar-refractivity contribution is 6.74. The molecule has 5 heteroatoms. The van der Waals surface area contributed by atoms with Crippen LogP contribution >= 0.6 is 0 Å². The lowest BCUT2D eigenvalue weighted by Crippen LogP contribution is -2.41. The molecule has 190 valence electrons. The molecule has 0 aliphatic carbocycles. The summed E-state index contributed by atoms with van der Waals surface area (Å²) in [4.78, 5) is 14.9. The highest BCUT2D eigenvalue weighted by Gasteiger charge is 2.37. The smallest absolute Gasteiger partial charge is 0.323 e. The Kier molecular flexibility index (Phi) is 14.4. The summed E-state index contributed by atoms with van der Waals surface area (Å²) in [6.07, 6.45) is 17.1. The number of carbonyl (C=O) groups is 1. The Balaban J connectivity index is 2.38. The summed E-state index contributed by atoms with van der Waals surface area (Å²) in [5, 5.41) is 0.211. The van der Waals surface area contributed by atoms with E-state index < -0.39 is 8.32 Å². The molecule has 0 radical (unpaired) electrons. The molecule has 2 unspecified atom stereocenters. The standard InChI is InChI=1S/C27H55NO3Si/c1-8-9-10-11-12-13-14-15-16-17-19-24(21-23-30-32(6,7)27(2,3)4)31-26(29)25-20-18-22-28(25)5/h24-25H,8-23H2,1-7H3. The van der Waals surface area contributed by atoms with Crippen LogP contribution in [0.5, 0.6) is 0 Å². The molecule has 0 aromatic heterocycles. The Morgan fingerprint density at radius 3 is 2.03 bits per heavy atom. The van der Waals surface area contributed by atoms with Crippen LogP contribution in [0.2, 0.25) is 18.1 Å². The van der Waals surface area contributed by atoms with Gasteiger partial charge in [0.25, 0.3) is 0 Å². The minimum absolute atomic E-state index is 0.00434. The molecule has 1 fully saturated rings. The van der Waals surface area contributed by atoms with Gasteiger partial charge in [-0.25, -0.2) is 0 Å². The predicted molar refractivity (Wildman–Crippen MR) is 140 cm³/mol. The van der Waals surface area contributed by atoms with Crippen LogP contribution in [0.1, 0.15) is 118 Å². The Bertz CT molecular complexity index is 504. The highest BCUT2D eigenvalue weighted by atomic mass is 28.4. The first-order valence-corrected chi connectivity index (χ1v) is 16.5. The molecule has 0 spiro atoms. The Morgan fingerprint density at radius 2 is 1.53 bits per heavy atom. The van der Waals surface area contributed by atoms with E-state index in [-0.39, 0.29) is 23.2 Å². The van der Waals surface area contributed by atoms with Crippen molar-refractivity contribution in [2.24, 2.45) is 0 Å². The number of likely N-dealkylation sites (tertiary alicyclic amines) is 1. The van der Waals surface area contributed by atoms with Crippen LogP contribution in [0.3, 0.4) is 0 Å². The molecule has 1 rings (SSSR count). The monoisotopic (exact) mass is 469 g/mol. The fourth-order valence-corrected chi connectivity index (χ4v) is 5.30. The maximum Gasteiger partial charge on any atom is 0.323 e. The molecule has 0 aromatic carbocycles. The predicted octanol–water partition coefficient (Wildman–Crippen LogP) is 7.72. The SMILES string of the molecule is CCCCCCCCCCCCC(CCO[Si](C)(C)C(C)(C)C)OC(=O)C1CCCN1C. The van der Waals surface area contributed by atoms with E-state index in [0.29, 0.717) is 6.61 Å². The molecule has 1 aliphatic rings. The van der Waals surface area contributed by atoms with Gasteiger partial charge in [0.2, 0.25) is 0 Å². The largest absolute Gasteiger partial charge is 0.461 e. The number of nitrogens with zero attached hydrogens (tertiary/aromatic N) is 1. The number of hydrogen-bond acceptors (Lipinski definition) is 4. The molecular weight excluding hydrogens is 414 g/mol. The second-order valence-corrected chi connectivity index (χ2v) is 16.4. The summed E-state index contributed by atoms with van der Waals surface area (Å²) >= 11 is 0. The third-order valence-electron chi connectivity index (χ3n) is 7.66. The zero-order valence-electron chi connectivity index (χ0n) is 22.6. The number of hydrogen-bond donors (Lipinski definition) is 0. The van der Waals surface area contributed by atoms with E-state index in [2.05, 4.69) is 45.7 Å². The lowest BCUT2D eigenvalue weighted by molar-refractivity contribution is -0.155. The number of ether oxygens (including phenoxy) is 1. The normalized spacial score (nSPS) is 18.8. The van der Waals surface area contributed by atoms with Gasteiger partial charge in [0.1, 0.15) is 12.1 Å². The van der Waals surface area contributed by atoms with Crippen LogP contribution in [-0.4, -0.2) is 51.5 Å². The van der Waals surface area contributed by atoms with Crippen molar-refractivity contribution in [3.05, 3.63) is 0 Å². The van der Waals surface area contributed by atoms with E-state index in [1.165, 1.54) is 57.8 Å². The first-order valence-electron chi connectivity index (χ1n) is 13.6. The van der Waals surface area contributed by atoms with Gasteiger partial charge >= 0.3 is 5.97 Å². The van der Waals surface area contributed by atoms with E-state index in [9.17, 15) is 4.79 Å². The van der Waals surface area contributed by atoms with E-state index >= 15 is 0 Å². The van der Waals surface area contributed by atoms with Gasteiger partial charge in [-0.05, 0) is 57.4 Å². The van der Waals surface area contributed by atoms with Gasteiger partial charge in [-0.3, -0.25) is 9.69 Å². The van der Waals surface area contributed by atoms with E-state index in [1.54, 1.807) is 0 Å². The van der Waals surface area contributed by atoms with E-state index in [4.69, 9.17) is 9.16 Å². The molecule has 0 N–H and O–H groups in total. The van der Waals surface area contributed by atoms with Crippen molar-refractivity contribution < 1.29 is 14.0 Å². The van der Waals surface area contributed by atoms with Gasteiger partial charge < -0.3 is 9.16 Å². The van der Waals surface area contributed by atoms with Crippen LogP contribution in [-0.2, 0) is 14.0 Å². The van der Waals surface area contributed by atoms with Crippen LogP contribution < -0.4 is 0 Å². The molecule has 4 nitrogen and oxygen atoms in total. The van der Waals surface area contributed by atoms with Gasteiger partial charge in [0.15, 0.2) is 8.32 Å². The maximum absolute atomic E-state index is 12.8. The number of likely N-dealkylation sites (N-methyl/N-ethyl adjacent to an activating group) is 1. The van der Waals surface area contributed by atoms with Gasteiger partial charge in [-0.2, -0.15) is 0 Å². The first kappa shape index (κ1) is 29.6.